The Balaban J connectivity index is 3.25. The van der Waals surface area contributed by atoms with Gasteiger partial charge in [0.05, 0.1) is 0 Å². The van der Waals surface area contributed by atoms with Gasteiger partial charge in [-0.05, 0) is 12.2 Å². The molecule has 2 atom stereocenters. The van der Waals surface area contributed by atoms with E-state index < -0.39 is 20.4 Å². The van der Waals surface area contributed by atoms with Crippen LogP contribution in [-0.4, -0.2) is 28.4 Å². The molecule has 0 aromatic heterocycles. The Labute approximate surface area is 85.2 Å². The predicted molar refractivity (Wildman–Crippen MR) is 47.4 cm³/mol. The number of alkyl halides is 1. The van der Waals surface area contributed by atoms with Gasteiger partial charge < -0.3 is 9.66 Å². The lowest BCUT2D eigenvalue weighted by atomic mass is 10.1. The number of hydrogen-bond donors (Lipinski definition) is 1. The summed E-state index contributed by atoms with van der Waals surface area (Å²) >= 11 is 10.9. The second kappa shape index (κ2) is 3.25. The summed E-state index contributed by atoms with van der Waals surface area (Å²) < 4.78 is 29.6. The highest BCUT2D eigenvalue weighted by Gasteiger charge is 2.41. The molecule has 1 aliphatic rings. The van der Waals surface area contributed by atoms with E-state index in [2.05, 4.69) is 0 Å². The van der Waals surface area contributed by atoms with Crippen LogP contribution in [0.1, 0.15) is 0 Å². The van der Waals surface area contributed by atoms with E-state index in [0.717, 1.165) is 12.2 Å². The van der Waals surface area contributed by atoms with E-state index in [4.69, 9.17) is 23.2 Å². The lowest BCUT2D eigenvalue weighted by Gasteiger charge is -2.31. The van der Waals surface area contributed by atoms with E-state index in [0.29, 0.717) is 0 Å². The van der Waals surface area contributed by atoms with Crippen molar-refractivity contribution in [1.82, 2.24) is 0 Å². The molecule has 0 aromatic rings. The monoisotopic (exact) mass is 243 g/mol. The Kier molecular flexibility index (Phi) is 2.75. The Morgan fingerprint density at radius 1 is 1.62 bits per heavy atom. The summed E-state index contributed by atoms with van der Waals surface area (Å²) in [6.07, 6.45) is 1.53. The molecular weight excluding hydrogens is 239 g/mol. The van der Waals surface area contributed by atoms with Crippen molar-refractivity contribution in [1.29, 1.82) is 0 Å². The molecule has 0 spiro atoms. The van der Waals surface area contributed by atoms with E-state index in [1.54, 1.807) is 0 Å². The highest BCUT2D eigenvalue weighted by molar-refractivity contribution is 7.88. The first-order chi connectivity index (χ1) is 5.77. The average molecular weight is 244 g/mol. The zero-order valence-electron chi connectivity index (χ0n) is 6.15. The second-order valence-corrected chi connectivity index (χ2v) is 5.35. The van der Waals surface area contributed by atoms with E-state index in [1.807, 2.05) is 0 Å². The molecule has 1 N–H and O–H groups in total. The predicted octanol–water partition coefficient (Wildman–Crippen LogP) is 0.520. The standard InChI is InChI=1S/C6H6Cl2O4S/c7-4-1-2-5(9)6(8,3-4)13(10,11)12/h1-3,5,9H,(H,10,11,12)/p-1. The van der Waals surface area contributed by atoms with Gasteiger partial charge in [0.25, 0.3) is 0 Å². The van der Waals surface area contributed by atoms with Crippen molar-refractivity contribution >= 4 is 33.3 Å². The molecule has 0 amide bonds. The largest absolute Gasteiger partial charge is 0.746 e. The van der Waals surface area contributed by atoms with E-state index in [9.17, 15) is 18.1 Å². The molecule has 0 heterocycles. The molecule has 0 saturated heterocycles. The third-order valence-electron chi connectivity index (χ3n) is 1.56. The molecule has 0 aliphatic heterocycles. The van der Waals surface area contributed by atoms with Crippen molar-refractivity contribution in [2.24, 2.45) is 0 Å². The third-order valence-corrected chi connectivity index (χ3v) is 3.82. The molecule has 74 valence electrons. The fraction of sp³-hybridized carbons (Fsp3) is 0.333. The molecule has 1 rings (SSSR count). The Bertz CT molecular complexity index is 372. The molecule has 0 fully saturated rings. The van der Waals surface area contributed by atoms with Crippen LogP contribution in [0.15, 0.2) is 23.3 Å². The van der Waals surface area contributed by atoms with Gasteiger partial charge in [-0.3, -0.25) is 0 Å². The highest BCUT2D eigenvalue weighted by atomic mass is 35.5. The van der Waals surface area contributed by atoms with E-state index in [1.165, 1.54) is 6.08 Å². The van der Waals surface area contributed by atoms with Crippen LogP contribution in [0.5, 0.6) is 0 Å². The molecule has 13 heavy (non-hydrogen) atoms. The fourth-order valence-corrected chi connectivity index (χ4v) is 2.06. The summed E-state index contributed by atoms with van der Waals surface area (Å²) in [5.41, 5.74) is 0. The first-order valence-corrected chi connectivity index (χ1v) is 5.33. The Hall–Kier alpha value is -0.0700. The second-order valence-electron chi connectivity index (χ2n) is 2.49. The molecular formula is C6H5Cl2O4S-. The van der Waals surface area contributed by atoms with E-state index >= 15 is 0 Å². The molecule has 0 radical (unpaired) electrons. The summed E-state index contributed by atoms with van der Waals surface area (Å²) in [5, 5.41) is 9.18. The third kappa shape index (κ3) is 1.89. The minimum absolute atomic E-state index is 0.000255. The SMILES string of the molecule is O=S(=O)([O-])C1(Cl)C=C(Cl)C=CC1O. The normalized spacial score (nSPS) is 34.5. The van der Waals surface area contributed by atoms with Gasteiger partial charge in [-0.2, -0.15) is 0 Å². The number of aliphatic hydroxyl groups excluding tert-OH is 1. The molecule has 2 unspecified atom stereocenters. The summed E-state index contributed by atoms with van der Waals surface area (Å²) in [6.45, 7) is 0. The zero-order chi connectivity index (χ0) is 10.3. The van der Waals surface area contributed by atoms with Crippen LogP contribution in [0.3, 0.4) is 0 Å². The smallest absolute Gasteiger partial charge is 0.183 e. The van der Waals surface area contributed by atoms with Crippen molar-refractivity contribution in [2.45, 2.75) is 10.3 Å². The maximum atomic E-state index is 10.7. The van der Waals surface area contributed by atoms with E-state index in [-0.39, 0.29) is 5.03 Å². The summed E-state index contributed by atoms with van der Waals surface area (Å²) in [5.74, 6) is 0. The molecule has 0 saturated carbocycles. The van der Waals surface area contributed by atoms with Crippen molar-refractivity contribution < 1.29 is 18.1 Å². The summed E-state index contributed by atoms with van der Waals surface area (Å²) in [4.78, 5) is 0. The Morgan fingerprint density at radius 3 is 2.54 bits per heavy atom. The van der Waals surface area contributed by atoms with Gasteiger partial charge in [0.2, 0.25) is 0 Å². The molecule has 0 aromatic carbocycles. The summed E-state index contributed by atoms with van der Waals surface area (Å²) in [6, 6.07) is 0. The minimum Gasteiger partial charge on any atom is -0.746 e. The van der Waals surface area contributed by atoms with Gasteiger partial charge in [0.1, 0.15) is 16.2 Å². The number of allylic oxidation sites excluding steroid dienone is 2. The van der Waals surface area contributed by atoms with Crippen molar-refractivity contribution in [2.75, 3.05) is 0 Å². The van der Waals surface area contributed by atoms with Gasteiger partial charge in [-0.25, -0.2) is 8.42 Å². The Morgan fingerprint density at radius 2 is 2.15 bits per heavy atom. The molecule has 7 heteroatoms. The van der Waals surface area contributed by atoms with Crippen LogP contribution >= 0.6 is 23.2 Å². The van der Waals surface area contributed by atoms with Crippen molar-refractivity contribution in [3.05, 3.63) is 23.3 Å². The molecule has 4 nitrogen and oxygen atoms in total. The first-order valence-electron chi connectivity index (χ1n) is 3.16. The lowest BCUT2D eigenvalue weighted by molar-refractivity contribution is 0.210. The minimum atomic E-state index is -4.85. The number of rotatable bonds is 1. The van der Waals surface area contributed by atoms with Gasteiger partial charge in [-0.15, -0.1) is 0 Å². The fourth-order valence-electron chi connectivity index (χ4n) is 0.856. The lowest BCUT2D eigenvalue weighted by Crippen LogP contribution is -2.42. The first kappa shape index (κ1) is 11.0. The van der Waals surface area contributed by atoms with Crippen LogP contribution in [0, 0.1) is 0 Å². The quantitative estimate of drug-likeness (QED) is 0.538. The maximum Gasteiger partial charge on any atom is 0.183 e. The van der Waals surface area contributed by atoms with Gasteiger partial charge in [0.15, 0.2) is 4.21 Å². The van der Waals surface area contributed by atoms with Crippen LogP contribution < -0.4 is 0 Å². The molecule has 1 aliphatic carbocycles. The average Bonchev–Trinajstić information content (AvgIpc) is 1.95. The van der Waals surface area contributed by atoms with Gasteiger partial charge >= 0.3 is 0 Å². The number of hydrogen-bond acceptors (Lipinski definition) is 4. The number of halogens is 2. The number of aliphatic hydroxyl groups is 1. The zero-order valence-corrected chi connectivity index (χ0v) is 8.47. The van der Waals surface area contributed by atoms with Crippen LogP contribution in [0.2, 0.25) is 0 Å². The van der Waals surface area contributed by atoms with Crippen molar-refractivity contribution in [3.63, 3.8) is 0 Å². The maximum absolute atomic E-state index is 10.7. The van der Waals surface area contributed by atoms with Gasteiger partial charge in [-0.1, -0.05) is 29.3 Å². The van der Waals surface area contributed by atoms with Gasteiger partial charge in [0, 0.05) is 5.03 Å². The van der Waals surface area contributed by atoms with Crippen LogP contribution in [0.25, 0.3) is 0 Å². The summed E-state index contributed by atoms with van der Waals surface area (Å²) in [7, 11) is -4.85. The van der Waals surface area contributed by atoms with Crippen LogP contribution in [-0.2, 0) is 10.1 Å². The topological polar surface area (TPSA) is 77.4 Å². The molecule has 0 bridgehead atoms. The van der Waals surface area contributed by atoms with Crippen LogP contribution in [0.4, 0.5) is 0 Å². The highest BCUT2D eigenvalue weighted by Crippen LogP contribution is 2.34. The van der Waals surface area contributed by atoms with Crippen molar-refractivity contribution in [3.8, 4) is 0 Å².